The normalized spacial score (nSPS) is 23.2. The molecule has 0 radical (unpaired) electrons. The van der Waals surface area contributed by atoms with Gasteiger partial charge >= 0.3 is 6.03 Å². The van der Waals surface area contributed by atoms with Crippen LogP contribution in [0.1, 0.15) is 6.42 Å². The molecule has 2 heterocycles. The molecule has 0 bridgehead atoms. The predicted octanol–water partition coefficient (Wildman–Crippen LogP) is -0.0299. The van der Waals surface area contributed by atoms with Crippen LogP contribution in [0.25, 0.3) is 0 Å². The average molecular weight is 243 g/mol. The van der Waals surface area contributed by atoms with Crippen molar-refractivity contribution in [1.29, 1.82) is 0 Å². The molecule has 2 rings (SSSR count). The number of carbonyl (C=O) groups is 1. The molecule has 0 N–H and O–H groups in total. The molecule has 1 aromatic rings. The lowest BCUT2D eigenvalue weighted by Gasteiger charge is -2.23. The molecule has 1 fully saturated rings. The Balaban J connectivity index is 2.09. The van der Waals surface area contributed by atoms with Crippen molar-refractivity contribution in [3.63, 3.8) is 0 Å². The van der Waals surface area contributed by atoms with Crippen LogP contribution < -0.4 is 0 Å². The van der Waals surface area contributed by atoms with Crippen molar-refractivity contribution in [2.45, 2.75) is 12.5 Å². The number of amides is 1. The maximum atomic E-state index is 11.9. The third-order valence-corrected chi connectivity index (χ3v) is 4.53. The van der Waals surface area contributed by atoms with E-state index < -0.39 is 9.84 Å². The molecule has 1 saturated heterocycles. The maximum Gasteiger partial charge on any atom is 0.329 e. The first-order valence-electron chi connectivity index (χ1n) is 4.95. The summed E-state index contributed by atoms with van der Waals surface area (Å²) in [4.78, 5) is 17.1. The number of nitrogens with zero attached hydrogens (tertiary/aromatic N) is 3. The number of hydrogen-bond donors (Lipinski definition) is 0. The van der Waals surface area contributed by atoms with Crippen molar-refractivity contribution in [2.24, 2.45) is 0 Å². The summed E-state index contributed by atoms with van der Waals surface area (Å²) in [6.45, 7) is 0. The molecule has 16 heavy (non-hydrogen) atoms. The van der Waals surface area contributed by atoms with Crippen LogP contribution in [0.4, 0.5) is 4.79 Å². The van der Waals surface area contributed by atoms with Crippen molar-refractivity contribution in [2.75, 3.05) is 18.6 Å². The zero-order chi connectivity index (χ0) is 11.8. The van der Waals surface area contributed by atoms with Gasteiger partial charge in [-0.05, 0) is 6.42 Å². The molecule has 1 aromatic heterocycles. The van der Waals surface area contributed by atoms with Crippen LogP contribution in [0.5, 0.6) is 0 Å². The Morgan fingerprint density at radius 2 is 2.31 bits per heavy atom. The molecule has 0 aromatic carbocycles. The highest BCUT2D eigenvalue weighted by Gasteiger charge is 2.33. The lowest BCUT2D eigenvalue weighted by Crippen LogP contribution is -2.39. The Labute approximate surface area is 93.8 Å². The van der Waals surface area contributed by atoms with Crippen molar-refractivity contribution in [3.8, 4) is 0 Å². The first-order valence-corrected chi connectivity index (χ1v) is 6.77. The van der Waals surface area contributed by atoms with E-state index in [0.29, 0.717) is 6.42 Å². The van der Waals surface area contributed by atoms with Gasteiger partial charge < -0.3 is 4.90 Å². The third kappa shape index (κ3) is 2.08. The van der Waals surface area contributed by atoms with Gasteiger partial charge in [-0.3, -0.25) is 4.57 Å². The Hall–Kier alpha value is -1.37. The third-order valence-electron chi connectivity index (χ3n) is 2.78. The van der Waals surface area contributed by atoms with E-state index in [1.54, 1.807) is 13.2 Å². The highest BCUT2D eigenvalue weighted by Crippen LogP contribution is 2.17. The maximum absolute atomic E-state index is 11.9. The fourth-order valence-electron chi connectivity index (χ4n) is 1.79. The van der Waals surface area contributed by atoms with Gasteiger partial charge in [0.1, 0.15) is 6.33 Å². The molecule has 1 aliphatic heterocycles. The van der Waals surface area contributed by atoms with Crippen molar-refractivity contribution >= 4 is 15.9 Å². The largest absolute Gasteiger partial charge is 0.329 e. The van der Waals surface area contributed by atoms with E-state index in [9.17, 15) is 13.2 Å². The quantitative estimate of drug-likeness (QED) is 0.694. The lowest BCUT2D eigenvalue weighted by molar-refractivity contribution is 0.197. The molecular weight excluding hydrogens is 230 g/mol. The van der Waals surface area contributed by atoms with Crippen molar-refractivity contribution < 1.29 is 13.2 Å². The summed E-state index contributed by atoms with van der Waals surface area (Å²) in [5, 5.41) is 0. The van der Waals surface area contributed by atoms with Crippen LogP contribution in [0, 0.1) is 0 Å². The molecule has 88 valence electrons. The first-order chi connectivity index (χ1) is 7.49. The van der Waals surface area contributed by atoms with Crippen molar-refractivity contribution in [1.82, 2.24) is 14.5 Å². The zero-order valence-electron chi connectivity index (χ0n) is 8.91. The van der Waals surface area contributed by atoms with Crippen LogP contribution in [0.3, 0.4) is 0 Å². The summed E-state index contributed by atoms with van der Waals surface area (Å²) in [6, 6.07) is -0.473. The molecule has 1 atom stereocenters. The average Bonchev–Trinajstić information content (AvgIpc) is 2.84. The van der Waals surface area contributed by atoms with E-state index in [0.717, 1.165) is 0 Å². The standard InChI is InChI=1S/C9H13N3O3S/c1-11(8-2-5-16(14,15)6-8)9(13)12-4-3-10-7-12/h3-4,7-8H,2,5-6H2,1H3. The molecule has 1 unspecified atom stereocenters. The van der Waals surface area contributed by atoms with E-state index in [1.165, 1.54) is 22.0 Å². The first kappa shape index (κ1) is 11.1. The number of sulfone groups is 1. The number of imidazole rings is 1. The van der Waals surface area contributed by atoms with Crippen LogP contribution in [-0.2, 0) is 9.84 Å². The van der Waals surface area contributed by atoms with Gasteiger partial charge in [0.05, 0.1) is 11.5 Å². The second-order valence-electron chi connectivity index (χ2n) is 3.92. The van der Waals surface area contributed by atoms with E-state index in [-0.39, 0.29) is 23.6 Å². The van der Waals surface area contributed by atoms with E-state index in [1.807, 2.05) is 0 Å². The highest BCUT2D eigenvalue weighted by molar-refractivity contribution is 7.91. The second kappa shape index (κ2) is 3.89. The van der Waals surface area contributed by atoms with E-state index in [2.05, 4.69) is 4.98 Å². The summed E-state index contributed by atoms with van der Waals surface area (Å²) in [5.41, 5.74) is 0. The van der Waals surface area contributed by atoms with Gasteiger partial charge in [0.15, 0.2) is 9.84 Å². The van der Waals surface area contributed by atoms with E-state index >= 15 is 0 Å². The second-order valence-corrected chi connectivity index (χ2v) is 6.15. The van der Waals surface area contributed by atoms with Crippen molar-refractivity contribution in [3.05, 3.63) is 18.7 Å². The number of rotatable bonds is 1. The summed E-state index contributed by atoms with van der Waals surface area (Å²) < 4.78 is 23.9. The molecule has 0 saturated carbocycles. The van der Waals surface area contributed by atoms with Gasteiger partial charge in [0.2, 0.25) is 0 Å². The van der Waals surface area contributed by atoms with Gasteiger partial charge in [-0.25, -0.2) is 18.2 Å². The fraction of sp³-hybridized carbons (Fsp3) is 0.556. The van der Waals surface area contributed by atoms with Gasteiger partial charge in [0.25, 0.3) is 0 Å². The number of carbonyl (C=O) groups excluding carboxylic acids is 1. The predicted molar refractivity (Wildman–Crippen MR) is 57.8 cm³/mol. The van der Waals surface area contributed by atoms with Crippen LogP contribution in [0.2, 0.25) is 0 Å². The summed E-state index contributed by atoms with van der Waals surface area (Å²) in [5.74, 6) is 0.225. The molecule has 7 heteroatoms. The fourth-order valence-corrected chi connectivity index (χ4v) is 3.57. The highest BCUT2D eigenvalue weighted by atomic mass is 32.2. The monoisotopic (exact) mass is 243 g/mol. The molecule has 0 aliphatic carbocycles. The molecule has 6 nitrogen and oxygen atoms in total. The summed E-state index contributed by atoms with van der Waals surface area (Å²) in [7, 11) is -1.34. The summed E-state index contributed by atoms with van der Waals surface area (Å²) in [6.07, 6.45) is 4.97. The van der Waals surface area contributed by atoms with Crippen LogP contribution in [-0.4, -0.2) is 53.5 Å². The van der Waals surface area contributed by atoms with Gasteiger partial charge in [0, 0.05) is 25.5 Å². The Bertz CT molecular complexity index is 480. The van der Waals surface area contributed by atoms with Gasteiger partial charge in [-0.2, -0.15) is 0 Å². The lowest BCUT2D eigenvalue weighted by atomic mass is 10.2. The van der Waals surface area contributed by atoms with Crippen LogP contribution in [0.15, 0.2) is 18.7 Å². The SMILES string of the molecule is CN(C(=O)n1ccnc1)C1CCS(=O)(=O)C1. The number of aromatic nitrogens is 2. The Morgan fingerprint density at radius 3 is 2.81 bits per heavy atom. The van der Waals surface area contributed by atoms with E-state index in [4.69, 9.17) is 0 Å². The molecule has 0 spiro atoms. The molecule has 1 aliphatic rings. The molecular formula is C9H13N3O3S. The number of hydrogen-bond acceptors (Lipinski definition) is 4. The Morgan fingerprint density at radius 1 is 1.56 bits per heavy atom. The Kier molecular flexibility index (Phi) is 2.71. The summed E-state index contributed by atoms with van der Waals surface area (Å²) >= 11 is 0. The topological polar surface area (TPSA) is 72.3 Å². The van der Waals surface area contributed by atoms with Gasteiger partial charge in [-0.1, -0.05) is 0 Å². The minimum atomic E-state index is -2.96. The minimum absolute atomic E-state index is 0.0595. The smallest absolute Gasteiger partial charge is 0.323 e. The van der Waals surface area contributed by atoms with Crippen LogP contribution >= 0.6 is 0 Å². The van der Waals surface area contributed by atoms with Gasteiger partial charge in [-0.15, -0.1) is 0 Å². The zero-order valence-corrected chi connectivity index (χ0v) is 9.72. The minimum Gasteiger partial charge on any atom is -0.323 e. The molecule has 1 amide bonds.